The standard InChI is InChI=1S/C30H24F3N5O3/c1-16-7-6-14-38-30(41-16)23(26(37-38)19-13-12-18(31)15-22(19)33)28(39)36-27-29(40)35-25-20(10-5-11-21(25)32)24(34-27)17-8-3-2-4-9-17/h2-5,8-13,15-16,27H,6-7,14H2,1H3,(H,35,40)(H,36,39)/t16?,27-/m1/s1. The highest BCUT2D eigenvalue weighted by Gasteiger charge is 2.34. The molecule has 208 valence electrons. The van der Waals surface area contributed by atoms with Gasteiger partial charge >= 0.3 is 0 Å². The summed E-state index contributed by atoms with van der Waals surface area (Å²) in [5, 5.41) is 9.58. The molecule has 41 heavy (non-hydrogen) atoms. The topological polar surface area (TPSA) is 97.6 Å². The molecule has 4 aromatic rings. The third-order valence-corrected chi connectivity index (χ3v) is 6.95. The number of benzene rings is 3. The number of amides is 2. The van der Waals surface area contributed by atoms with Gasteiger partial charge in [0.05, 0.1) is 17.5 Å². The van der Waals surface area contributed by atoms with Crippen molar-refractivity contribution >= 4 is 23.2 Å². The van der Waals surface area contributed by atoms with E-state index in [0.717, 1.165) is 6.07 Å². The van der Waals surface area contributed by atoms with E-state index in [9.17, 15) is 22.8 Å². The number of aryl methyl sites for hydroxylation is 1. The predicted octanol–water partition coefficient (Wildman–Crippen LogP) is 5.07. The largest absolute Gasteiger partial charge is 0.474 e. The van der Waals surface area contributed by atoms with E-state index in [0.29, 0.717) is 36.6 Å². The van der Waals surface area contributed by atoms with E-state index in [-0.39, 0.29) is 40.2 Å². The summed E-state index contributed by atoms with van der Waals surface area (Å²) in [6.45, 7) is 2.24. The van der Waals surface area contributed by atoms with Gasteiger partial charge in [-0.2, -0.15) is 5.10 Å². The Hall–Kier alpha value is -4.93. The van der Waals surface area contributed by atoms with Crippen LogP contribution in [0.4, 0.5) is 18.9 Å². The molecule has 8 nitrogen and oxygen atoms in total. The third-order valence-electron chi connectivity index (χ3n) is 6.95. The number of aromatic nitrogens is 2. The molecule has 3 aromatic carbocycles. The zero-order valence-electron chi connectivity index (χ0n) is 21.8. The van der Waals surface area contributed by atoms with Crippen LogP contribution in [0.15, 0.2) is 71.7 Å². The molecule has 2 amide bonds. The van der Waals surface area contributed by atoms with Crippen molar-refractivity contribution in [1.29, 1.82) is 0 Å². The van der Waals surface area contributed by atoms with Crippen LogP contribution in [-0.2, 0) is 11.3 Å². The van der Waals surface area contributed by atoms with Crippen molar-refractivity contribution < 1.29 is 27.5 Å². The molecule has 2 aliphatic rings. The summed E-state index contributed by atoms with van der Waals surface area (Å²) in [7, 11) is 0. The van der Waals surface area contributed by atoms with Gasteiger partial charge in [-0.3, -0.25) is 9.59 Å². The highest BCUT2D eigenvalue weighted by molar-refractivity contribution is 6.20. The Kier molecular flexibility index (Phi) is 6.78. The Morgan fingerprint density at radius 3 is 2.61 bits per heavy atom. The Bertz CT molecular complexity index is 1700. The van der Waals surface area contributed by atoms with Gasteiger partial charge in [0.2, 0.25) is 12.0 Å². The average molecular weight is 560 g/mol. The zero-order chi connectivity index (χ0) is 28.7. The molecule has 0 saturated carbocycles. The summed E-state index contributed by atoms with van der Waals surface area (Å²) < 4.78 is 51.0. The van der Waals surface area contributed by atoms with Crippen molar-refractivity contribution in [3.63, 3.8) is 0 Å². The van der Waals surface area contributed by atoms with Gasteiger partial charge < -0.3 is 15.4 Å². The number of hydrogen-bond acceptors (Lipinski definition) is 5. The van der Waals surface area contributed by atoms with Gasteiger partial charge in [-0.05, 0) is 38.0 Å². The number of hydrogen-bond donors (Lipinski definition) is 2. The fourth-order valence-electron chi connectivity index (χ4n) is 4.99. The molecular weight excluding hydrogens is 535 g/mol. The molecule has 2 atom stereocenters. The average Bonchev–Trinajstić information content (AvgIpc) is 3.09. The summed E-state index contributed by atoms with van der Waals surface area (Å²) >= 11 is 0. The summed E-state index contributed by atoms with van der Waals surface area (Å²) in [5.41, 5.74) is 0.852. The lowest BCUT2D eigenvalue weighted by atomic mass is 10.0. The summed E-state index contributed by atoms with van der Waals surface area (Å²) in [6, 6.07) is 16.2. The molecule has 0 aliphatic carbocycles. The molecule has 6 rings (SSSR count). The van der Waals surface area contributed by atoms with Crippen LogP contribution in [-0.4, -0.2) is 39.6 Å². The molecule has 11 heteroatoms. The molecule has 0 bridgehead atoms. The molecule has 0 saturated heterocycles. The van der Waals surface area contributed by atoms with Crippen molar-refractivity contribution in [3.8, 4) is 17.1 Å². The summed E-state index contributed by atoms with van der Waals surface area (Å²) in [4.78, 5) is 31.8. The van der Waals surface area contributed by atoms with Crippen LogP contribution < -0.4 is 15.4 Å². The number of fused-ring (bicyclic) bond motifs is 2. The number of nitrogens with zero attached hydrogens (tertiary/aromatic N) is 3. The first-order valence-electron chi connectivity index (χ1n) is 13.1. The fraction of sp³-hybridized carbons (Fsp3) is 0.200. The summed E-state index contributed by atoms with van der Waals surface area (Å²) in [6.07, 6.45) is -0.368. The van der Waals surface area contributed by atoms with Crippen molar-refractivity contribution in [2.45, 2.75) is 38.6 Å². The molecule has 2 N–H and O–H groups in total. The maximum atomic E-state index is 14.9. The second kappa shape index (κ2) is 10.6. The lowest BCUT2D eigenvalue weighted by molar-refractivity contribution is -0.117. The van der Waals surface area contributed by atoms with E-state index in [4.69, 9.17) is 4.74 Å². The second-order valence-corrected chi connectivity index (χ2v) is 9.82. The van der Waals surface area contributed by atoms with Crippen LogP contribution in [0.1, 0.15) is 41.3 Å². The van der Waals surface area contributed by atoms with Gasteiger partial charge in [0.1, 0.15) is 28.7 Å². The minimum absolute atomic E-state index is 0.0671. The van der Waals surface area contributed by atoms with Gasteiger partial charge in [-0.1, -0.05) is 42.5 Å². The number of para-hydroxylation sites is 1. The first-order valence-corrected chi connectivity index (χ1v) is 13.1. The van der Waals surface area contributed by atoms with Crippen molar-refractivity contribution in [2.24, 2.45) is 4.99 Å². The molecule has 1 unspecified atom stereocenters. The van der Waals surface area contributed by atoms with E-state index >= 15 is 0 Å². The van der Waals surface area contributed by atoms with Crippen LogP contribution in [0.3, 0.4) is 0 Å². The second-order valence-electron chi connectivity index (χ2n) is 9.82. The van der Waals surface area contributed by atoms with Crippen LogP contribution in [0.25, 0.3) is 11.3 Å². The molecule has 0 fully saturated rings. The van der Waals surface area contributed by atoms with E-state index in [2.05, 4.69) is 20.7 Å². The van der Waals surface area contributed by atoms with Gasteiger partial charge in [-0.25, -0.2) is 22.8 Å². The number of carbonyl (C=O) groups is 2. The number of anilines is 1. The van der Waals surface area contributed by atoms with Crippen molar-refractivity contribution in [2.75, 3.05) is 5.32 Å². The Morgan fingerprint density at radius 2 is 1.83 bits per heavy atom. The normalized spacial score (nSPS) is 18.1. The lowest BCUT2D eigenvalue weighted by Gasteiger charge is -2.16. The number of rotatable bonds is 4. The molecule has 0 spiro atoms. The molecule has 3 heterocycles. The van der Waals surface area contributed by atoms with E-state index in [1.807, 2.05) is 6.92 Å². The molecule has 1 aromatic heterocycles. The van der Waals surface area contributed by atoms with Gasteiger partial charge in [-0.15, -0.1) is 0 Å². The monoisotopic (exact) mass is 559 g/mol. The van der Waals surface area contributed by atoms with Crippen LogP contribution in [0.5, 0.6) is 5.88 Å². The van der Waals surface area contributed by atoms with Gasteiger partial charge in [0, 0.05) is 29.3 Å². The minimum Gasteiger partial charge on any atom is -0.474 e. The fourth-order valence-corrected chi connectivity index (χ4v) is 4.99. The van der Waals surface area contributed by atoms with Crippen LogP contribution >= 0.6 is 0 Å². The highest BCUT2D eigenvalue weighted by atomic mass is 19.1. The smallest absolute Gasteiger partial charge is 0.269 e. The zero-order valence-corrected chi connectivity index (χ0v) is 21.8. The molecule has 2 aliphatic heterocycles. The van der Waals surface area contributed by atoms with Crippen molar-refractivity contribution in [3.05, 3.63) is 101 Å². The van der Waals surface area contributed by atoms with Crippen LogP contribution in [0, 0.1) is 17.5 Å². The third kappa shape index (κ3) is 4.94. The quantitative estimate of drug-likeness (QED) is 0.365. The number of ether oxygens (including phenoxy) is 1. The number of halogens is 3. The first kappa shape index (κ1) is 26.3. The highest BCUT2D eigenvalue weighted by Crippen LogP contribution is 2.35. The molecular formula is C30H24F3N5O3. The summed E-state index contributed by atoms with van der Waals surface area (Å²) in [5.74, 6) is -3.86. The number of aliphatic imine (C=N–C) groups is 1. The van der Waals surface area contributed by atoms with Gasteiger partial charge in [0.25, 0.3) is 11.8 Å². The molecule has 0 radical (unpaired) electrons. The van der Waals surface area contributed by atoms with E-state index < -0.39 is 35.4 Å². The van der Waals surface area contributed by atoms with Crippen molar-refractivity contribution in [1.82, 2.24) is 15.1 Å². The Labute approximate surface area is 232 Å². The van der Waals surface area contributed by atoms with E-state index in [1.165, 1.54) is 22.9 Å². The maximum absolute atomic E-state index is 14.9. The minimum atomic E-state index is -1.49. The number of nitrogens with one attached hydrogen (secondary N) is 2. The van der Waals surface area contributed by atoms with Gasteiger partial charge in [0.15, 0.2) is 0 Å². The first-order chi connectivity index (χ1) is 19.8. The SMILES string of the molecule is CC1CCCn2nc(-c3ccc(F)cc3F)c(C(=O)N[C@H]3N=C(c4ccccc4)c4cccc(F)c4NC3=O)c2O1. The number of carbonyl (C=O) groups excluding carboxylic acids is 2. The number of benzodiazepines with no additional fused rings is 1. The Balaban J connectivity index is 1.45. The maximum Gasteiger partial charge on any atom is 0.269 e. The lowest BCUT2D eigenvalue weighted by Crippen LogP contribution is -2.42. The Morgan fingerprint density at radius 1 is 1.02 bits per heavy atom. The predicted molar refractivity (Wildman–Crippen MR) is 145 cm³/mol. The van der Waals surface area contributed by atoms with E-state index in [1.54, 1.807) is 36.4 Å². The van der Waals surface area contributed by atoms with Crippen LogP contribution in [0.2, 0.25) is 0 Å².